The fraction of sp³-hybridized carbons (Fsp3) is 0.667. The summed E-state index contributed by atoms with van der Waals surface area (Å²) in [5.74, 6) is -1.21. The van der Waals surface area contributed by atoms with Gasteiger partial charge in [-0.25, -0.2) is 0 Å². The van der Waals surface area contributed by atoms with Crippen molar-refractivity contribution in [2.45, 2.75) is 44.4 Å². The molecule has 0 aromatic carbocycles. The molecule has 102 valence electrons. The van der Waals surface area contributed by atoms with Gasteiger partial charge in [0.05, 0.1) is 10.9 Å². The lowest BCUT2D eigenvalue weighted by Crippen LogP contribution is -2.45. The van der Waals surface area contributed by atoms with E-state index in [0.717, 1.165) is 11.3 Å². The van der Waals surface area contributed by atoms with Crippen LogP contribution in [0.1, 0.15) is 30.6 Å². The first kappa shape index (κ1) is 14.2. The fourth-order valence-corrected chi connectivity index (χ4v) is 3.47. The standard InChI is InChI=1S/C12H15ClF3NS/c13-8-5-9(18-7-8)6-17-11-4-2-1-3-10(11)12(14,15)16/h5,7,10-11,17H,1-4,6H2. The van der Waals surface area contributed by atoms with E-state index in [1.165, 1.54) is 11.3 Å². The van der Waals surface area contributed by atoms with Crippen molar-refractivity contribution in [1.29, 1.82) is 0 Å². The molecule has 1 N–H and O–H groups in total. The summed E-state index contributed by atoms with van der Waals surface area (Å²) < 4.78 is 38.6. The van der Waals surface area contributed by atoms with E-state index >= 15 is 0 Å². The van der Waals surface area contributed by atoms with Crippen LogP contribution in [-0.2, 0) is 6.54 Å². The molecule has 0 amide bonds. The summed E-state index contributed by atoms with van der Waals surface area (Å²) in [4.78, 5) is 0.978. The highest BCUT2D eigenvalue weighted by Gasteiger charge is 2.45. The molecule has 1 nitrogen and oxygen atoms in total. The van der Waals surface area contributed by atoms with E-state index < -0.39 is 18.1 Å². The molecule has 1 aliphatic rings. The van der Waals surface area contributed by atoms with Crippen molar-refractivity contribution in [3.8, 4) is 0 Å². The van der Waals surface area contributed by atoms with Crippen molar-refractivity contribution < 1.29 is 13.2 Å². The van der Waals surface area contributed by atoms with E-state index in [0.29, 0.717) is 24.4 Å². The summed E-state index contributed by atoms with van der Waals surface area (Å²) >= 11 is 7.26. The Hall–Kier alpha value is -0.260. The molecule has 1 fully saturated rings. The predicted octanol–water partition coefficient (Wildman–Crippen LogP) is 4.61. The molecular formula is C12H15ClF3NS. The van der Waals surface area contributed by atoms with Crippen LogP contribution in [0.25, 0.3) is 0 Å². The van der Waals surface area contributed by atoms with Crippen molar-refractivity contribution in [2.24, 2.45) is 5.92 Å². The lowest BCUT2D eigenvalue weighted by atomic mass is 9.84. The van der Waals surface area contributed by atoms with Gasteiger partial charge >= 0.3 is 6.18 Å². The molecular weight excluding hydrogens is 283 g/mol. The average molecular weight is 298 g/mol. The Morgan fingerprint density at radius 2 is 2.06 bits per heavy atom. The molecule has 1 aromatic heterocycles. The highest BCUT2D eigenvalue weighted by molar-refractivity contribution is 7.10. The monoisotopic (exact) mass is 297 g/mol. The molecule has 1 saturated carbocycles. The maximum absolute atomic E-state index is 12.9. The fourth-order valence-electron chi connectivity index (χ4n) is 2.45. The van der Waals surface area contributed by atoms with Gasteiger partial charge in [-0.1, -0.05) is 24.4 Å². The quantitative estimate of drug-likeness (QED) is 0.859. The normalized spacial score (nSPS) is 25.3. The van der Waals surface area contributed by atoms with E-state index in [4.69, 9.17) is 11.6 Å². The average Bonchev–Trinajstić information content (AvgIpc) is 2.72. The Balaban J connectivity index is 1.93. The van der Waals surface area contributed by atoms with Crippen LogP contribution in [0.4, 0.5) is 13.2 Å². The minimum Gasteiger partial charge on any atom is -0.308 e. The molecule has 2 atom stereocenters. The first-order valence-electron chi connectivity index (χ1n) is 6.00. The van der Waals surface area contributed by atoms with Crippen LogP contribution in [0.2, 0.25) is 5.02 Å². The zero-order valence-electron chi connectivity index (χ0n) is 9.77. The Morgan fingerprint density at radius 3 is 2.67 bits per heavy atom. The molecule has 1 heterocycles. The minimum atomic E-state index is -4.09. The van der Waals surface area contributed by atoms with Gasteiger partial charge in [0.15, 0.2) is 0 Å². The highest BCUT2D eigenvalue weighted by atomic mass is 35.5. The van der Waals surface area contributed by atoms with Crippen molar-refractivity contribution in [3.63, 3.8) is 0 Å². The summed E-state index contributed by atoms with van der Waals surface area (Å²) in [5.41, 5.74) is 0. The molecule has 0 saturated heterocycles. The molecule has 1 aliphatic carbocycles. The van der Waals surface area contributed by atoms with Gasteiger partial charge < -0.3 is 5.32 Å². The molecule has 6 heteroatoms. The summed E-state index contributed by atoms with van der Waals surface area (Å²) in [6.07, 6.45) is -1.70. The van der Waals surface area contributed by atoms with Crippen molar-refractivity contribution >= 4 is 22.9 Å². The number of nitrogens with one attached hydrogen (secondary N) is 1. The van der Waals surface area contributed by atoms with Gasteiger partial charge in [-0.05, 0) is 18.9 Å². The SMILES string of the molecule is FC(F)(F)C1CCCCC1NCc1cc(Cl)cs1. The summed E-state index contributed by atoms with van der Waals surface area (Å²) in [6, 6.07) is 1.34. The number of rotatable bonds is 3. The van der Waals surface area contributed by atoms with Crippen LogP contribution >= 0.6 is 22.9 Å². The molecule has 0 aliphatic heterocycles. The lowest BCUT2D eigenvalue weighted by Gasteiger charge is -2.33. The topological polar surface area (TPSA) is 12.0 Å². The smallest absolute Gasteiger partial charge is 0.308 e. The molecule has 0 radical (unpaired) electrons. The Labute approximate surface area is 113 Å². The molecule has 2 rings (SSSR count). The molecule has 2 unspecified atom stereocenters. The van der Waals surface area contributed by atoms with E-state index in [1.807, 2.05) is 0 Å². The number of hydrogen-bond acceptors (Lipinski definition) is 2. The van der Waals surface area contributed by atoms with E-state index in [2.05, 4.69) is 5.32 Å². The molecule has 0 bridgehead atoms. The lowest BCUT2D eigenvalue weighted by molar-refractivity contribution is -0.189. The third kappa shape index (κ3) is 3.62. The van der Waals surface area contributed by atoms with Gasteiger partial charge in [-0.2, -0.15) is 13.2 Å². The number of thiophene rings is 1. The third-order valence-electron chi connectivity index (χ3n) is 3.35. The van der Waals surface area contributed by atoms with Gasteiger partial charge in [0.2, 0.25) is 0 Å². The van der Waals surface area contributed by atoms with Crippen molar-refractivity contribution in [3.05, 3.63) is 21.3 Å². The van der Waals surface area contributed by atoms with Crippen LogP contribution in [0, 0.1) is 5.92 Å². The number of alkyl halides is 3. The number of hydrogen-bond donors (Lipinski definition) is 1. The third-order valence-corrected chi connectivity index (χ3v) is 4.63. The second kappa shape index (κ2) is 5.80. The maximum atomic E-state index is 12.9. The molecule has 0 spiro atoms. The van der Waals surface area contributed by atoms with Crippen LogP contribution in [0.3, 0.4) is 0 Å². The minimum absolute atomic E-state index is 0.242. The Bertz CT molecular complexity index is 391. The Morgan fingerprint density at radius 1 is 1.33 bits per heavy atom. The zero-order chi connectivity index (χ0) is 13.2. The van der Waals surface area contributed by atoms with Crippen molar-refractivity contribution in [2.75, 3.05) is 0 Å². The first-order chi connectivity index (χ1) is 8.47. The van der Waals surface area contributed by atoms with Gasteiger partial charge in [0.1, 0.15) is 0 Å². The van der Waals surface area contributed by atoms with Crippen LogP contribution in [0.5, 0.6) is 0 Å². The van der Waals surface area contributed by atoms with E-state index in [9.17, 15) is 13.2 Å². The summed E-state index contributed by atoms with van der Waals surface area (Å²) in [6.45, 7) is 0.467. The van der Waals surface area contributed by atoms with Crippen LogP contribution < -0.4 is 5.32 Å². The predicted molar refractivity (Wildman–Crippen MR) is 68.0 cm³/mol. The number of halogens is 4. The van der Waals surface area contributed by atoms with E-state index in [-0.39, 0.29) is 6.42 Å². The molecule has 1 aromatic rings. The summed E-state index contributed by atoms with van der Waals surface area (Å²) in [5, 5.41) is 5.48. The molecule has 18 heavy (non-hydrogen) atoms. The van der Waals surface area contributed by atoms with Gasteiger partial charge in [-0.15, -0.1) is 11.3 Å². The van der Waals surface area contributed by atoms with Crippen LogP contribution in [0.15, 0.2) is 11.4 Å². The first-order valence-corrected chi connectivity index (χ1v) is 7.25. The second-order valence-corrected chi connectivity index (χ2v) is 6.08. The largest absolute Gasteiger partial charge is 0.393 e. The maximum Gasteiger partial charge on any atom is 0.393 e. The highest BCUT2D eigenvalue weighted by Crippen LogP contribution is 2.37. The van der Waals surface area contributed by atoms with Crippen LogP contribution in [-0.4, -0.2) is 12.2 Å². The summed E-state index contributed by atoms with van der Waals surface area (Å²) in [7, 11) is 0. The van der Waals surface area contributed by atoms with E-state index in [1.54, 1.807) is 11.4 Å². The van der Waals surface area contributed by atoms with Gasteiger partial charge in [0, 0.05) is 22.8 Å². The zero-order valence-corrected chi connectivity index (χ0v) is 11.3. The Kier molecular flexibility index (Phi) is 4.56. The second-order valence-electron chi connectivity index (χ2n) is 4.65. The van der Waals surface area contributed by atoms with Gasteiger partial charge in [-0.3, -0.25) is 0 Å². The van der Waals surface area contributed by atoms with Crippen molar-refractivity contribution in [1.82, 2.24) is 5.32 Å². The van der Waals surface area contributed by atoms with Gasteiger partial charge in [0.25, 0.3) is 0 Å².